The molecule has 0 bridgehead atoms. The first-order valence-corrected chi connectivity index (χ1v) is 9.38. The third-order valence-electron chi connectivity index (χ3n) is 8.33. The fraction of sp³-hybridized carbons (Fsp3) is 0.895. The van der Waals surface area contributed by atoms with Gasteiger partial charge < -0.3 is 10.4 Å². The molecule has 0 aromatic carbocycles. The van der Waals surface area contributed by atoms with Crippen LogP contribution in [0.5, 0.6) is 0 Å². The minimum absolute atomic E-state index is 0.0526. The molecule has 2 N–H and O–H groups in total. The number of carbonyl (C=O) groups excluding carboxylic acids is 1. The molecule has 0 aromatic rings. The number of hydrogen-bond donors (Lipinski definition) is 2. The quantitative estimate of drug-likeness (QED) is 0.780. The SMILES string of the molecule is C[C@@]12CCC[C@H]1[C@@H]1CC[C@H]3NC(=O)CC(C(=O)O)[C@]3(C)[C@H]1CC2. The first kappa shape index (κ1) is 15.5. The summed E-state index contributed by atoms with van der Waals surface area (Å²) in [4.78, 5) is 23.9. The van der Waals surface area contributed by atoms with Crippen LogP contribution < -0.4 is 5.32 Å². The van der Waals surface area contributed by atoms with Gasteiger partial charge in [0.15, 0.2) is 0 Å². The number of fused-ring (bicyclic) bond motifs is 5. The van der Waals surface area contributed by atoms with E-state index in [1.54, 1.807) is 0 Å². The summed E-state index contributed by atoms with van der Waals surface area (Å²) in [6.45, 7) is 4.64. The maximum absolute atomic E-state index is 12.0. The second-order valence-electron chi connectivity index (χ2n) is 9.12. The van der Waals surface area contributed by atoms with E-state index < -0.39 is 11.9 Å². The molecule has 3 aliphatic carbocycles. The summed E-state index contributed by atoms with van der Waals surface area (Å²) in [5.41, 5.74) is 0.216. The summed E-state index contributed by atoms with van der Waals surface area (Å²) in [7, 11) is 0. The molecule has 1 amide bonds. The second-order valence-corrected chi connectivity index (χ2v) is 9.12. The normalized spacial score (nSPS) is 52.1. The molecule has 1 saturated heterocycles. The minimum atomic E-state index is -0.771. The van der Waals surface area contributed by atoms with Crippen LogP contribution in [-0.4, -0.2) is 23.0 Å². The number of piperidine rings is 1. The molecule has 128 valence electrons. The standard InChI is InChI=1S/C19H29NO3/c1-18-8-3-4-12(18)11-5-6-15-19(2,13(11)7-9-18)14(17(22)23)10-16(21)20-15/h11-15H,3-10H2,1-2H3,(H,20,21)(H,22,23)/t11-,12-,13-,14?,15+,18-,19-/m0/s1. The van der Waals surface area contributed by atoms with Crippen molar-refractivity contribution in [2.24, 2.45) is 34.5 Å². The first-order valence-electron chi connectivity index (χ1n) is 9.38. The van der Waals surface area contributed by atoms with Gasteiger partial charge in [-0.25, -0.2) is 0 Å². The summed E-state index contributed by atoms with van der Waals surface area (Å²) < 4.78 is 0. The summed E-state index contributed by atoms with van der Waals surface area (Å²) in [5.74, 6) is 0.534. The van der Waals surface area contributed by atoms with E-state index in [4.69, 9.17) is 0 Å². The van der Waals surface area contributed by atoms with E-state index in [-0.39, 0.29) is 23.8 Å². The molecule has 0 aromatic heterocycles. The van der Waals surface area contributed by atoms with Crippen molar-refractivity contribution in [2.75, 3.05) is 0 Å². The molecular weight excluding hydrogens is 290 g/mol. The fourth-order valence-corrected chi connectivity index (χ4v) is 7.12. The average molecular weight is 319 g/mol. The Kier molecular flexibility index (Phi) is 3.34. The lowest BCUT2D eigenvalue weighted by Gasteiger charge is -2.61. The van der Waals surface area contributed by atoms with Crippen LogP contribution in [0, 0.1) is 34.5 Å². The zero-order valence-corrected chi connectivity index (χ0v) is 14.3. The molecule has 4 heteroatoms. The van der Waals surface area contributed by atoms with Gasteiger partial charge in [0.05, 0.1) is 5.92 Å². The van der Waals surface area contributed by atoms with Crippen molar-refractivity contribution in [3.8, 4) is 0 Å². The van der Waals surface area contributed by atoms with Crippen molar-refractivity contribution >= 4 is 11.9 Å². The lowest BCUT2D eigenvalue weighted by molar-refractivity contribution is -0.169. The van der Waals surface area contributed by atoms with E-state index in [2.05, 4.69) is 19.2 Å². The van der Waals surface area contributed by atoms with Crippen LogP contribution >= 0.6 is 0 Å². The average Bonchev–Trinajstić information content (AvgIpc) is 2.88. The Morgan fingerprint density at radius 2 is 1.91 bits per heavy atom. The maximum atomic E-state index is 12.0. The molecule has 4 aliphatic rings. The summed E-state index contributed by atoms with van der Waals surface area (Å²) in [6, 6.07) is 0.0526. The highest BCUT2D eigenvalue weighted by Gasteiger charge is 2.62. The maximum Gasteiger partial charge on any atom is 0.307 e. The number of hydrogen-bond acceptors (Lipinski definition) is 2. The van der Waals surface area contributed by atoms with E-state index in [9.17, 15) is 14.7 Å². The fourth-order valence-electron chi connectivity index (χ4n) is 7.12. The van der Waals surface area contributed by atoms with Gasteiger partial charge in [0, 0.05) is 17.9 Å². The molecule has 4 rings (SSSR count). The van der Waals surface area contributed by atoms with E-state index in [1.165, 1.54) is 25.7 Å². The summed E-state index contributed by atoms with van der Waals surface area (Å²) >= 11 is 0. The van der Waals surface area contributed by atoms with E-state index in [1.807, 2.05) is 0 Å². The third-order valence-corrected chi connectivity index (χ3v) is 8.33. The molecule has 1 heterocycles. The Labute approximate surface area is 138 Å². The number of carboxylic acid groups (broad SMARTS) is 1. The van der Waals surface area contributed by atoms with Gasteiger partial charge in [0.2, 0.25) is 5.91 Å². The van der Waals surface area contributed by atoms with Crippen LogP contribution in [0.3, 0.4) is 0 Å². The van der Waals surface area contributed by atoms with Gasteiger partial charge in [-0.05, 0) is 61.7 Å². The zero-order chi connectivity index (χ0) is 16.4. The van der Waals surface area contributed by atoms with Crippen LogP contribution in [0.1, 0.15) is 65.2 Å². The summed E-state index contributed by atoms with van der Waals surface area (Å²) in [5, 5.41) is 13.0. The van der Waals surface area contributed by atoms with E-state index in [0.29, 0.717) is 17.3 Å². The molecule has 1 aliphatic heterocycles. The highest BCUT2D eigenvalue weighted by atomic mass is 16.4. The predicted octanol–water partition coefficient (Wildman–Crippen LogP) is 3.21. The van der Waals surface area contributed by atoms with Gasteiger partial charge in [-0.2, -0.15) is 0 Å². The zero-order valence-electron chi connectivity index (χ0n) is 14.3. The number of rotatable bonds is 1. The van der Waals surface area contributed by atoms with Gasteiger partial charge in [0.25, 0.3) is 0 Å². The topological polar surface area (TPSA) is 66.4 Å². The van der Waals surface area contributed by atoms with Crippen molar-refractivity contribution < 1.29 is 14.7 Å². The van der Waals surface area contributed by atoms with E-state index in [0.717, 1.165) is 25.2 Å². The Hall–Kier alpha value is -1.06. The minimum Gasteiger partial charge on any atom is -0.481 e. The number of carbonyl (C=O) groups is 2. The third kappa shape index (κ3) is 2.02. The van der Waals surface area contributed by atoms with Crippen LogP contribution in [0.2, 0.25) is 0 Å². The summed E-state index contributed by atoms with van der Waals surface area (Å²) in [6.07, 6.45) is 8.67. The Morgan fingerprint density at radius 1 is 1.13 bits per heavy atom. The lowest BCUT2D eigenvalue weighted by atomic mass is 9.45. The number of aliphatic carboxylic acids is 1. The van der Waals surface area contributed by atoms with Gasteiger partial charge in [-0.3, -0.25) is 9.59 Å². The number of amides is 1. The molecule has 23 heavy (non-hydrogen) atoms. The largest absolute Gasteiger partial charge is 0.481 e. The van der Waals surface area contributed by atoms with Gasteiger partial charge in [0.1, 0.15) is 0 Å². The van der Waals surface area contributed by atoms with Crippen LogP contribution in [0.4, 0.5) is 0 Å². The van der Waals surface area contributed by atoms with Crippen molar-refractivity contribution in [3.63, 3.8) is 0 Å². The molecule has 7 atom stereocenters. The van der Waals surface area contributed by atoms with Crippen molar-refractivity contribution in [1.29, 1.82) is 0 Å². The Morgan fingerprint density at radius 3 is 2.65 bits per heavy atom. The van der Waals surface area contributed by atoms with Crippen molar-refractivity contribution in [2.45, 2.75) is 71.3 Å². The van der Waals surface area contributed by atoms with Crippen molar-refractivity contribution in [1.82, 2.24) is 5.32 Å². The number of carboxylic acids is 1. The molecule has 3 saturated carbocycles. The highest BCUT2D eigenvalue weighted by molar-refractivity contribution is 5.85. The molecule has 4 nitrogen and oxygen atoms in total. The second kappa shape index (κ2) is 4.97. The molecule has 4 fully saturated rings. The lowest BCUT2D eigenvalue weighted by Crippen LogP contribution is -2.65. The van der Waals surface area contributed by atoms with Gasteiger partial charge in [-0.1, -0.05) is 20.3 Å². The van der Waals surface area contributed by atoms with Crippen LogP contribution in [0.15, 0.2) is 0 Å². The molecule has 1 unspecified atom stereocenters. The van der Waals surface area contributed by atoms with Crippen LogP contribution in [0.25, 0.3) is 0 Å². The highest BCUT2D eigenvalue weighted by Crippen LogP contribution is 2.64. The smallest absolute Gasteiger partial charge is 0.307 e. The van der Waals surface area contributed by atoms with E-state index >= 15 is 0 Å². The van der Waals surface area contributed by atoms with Gasteiger partial charge >= 0.3 is 5.97 Å². The van der Waals surface area contributed by atoms with Crippen LogP contribution in [-0.2, 0) is 9.59 Å². The predicted molar refractivity (Wildman–Crippen MR) is 86.7 cm³/mol. The first-order chi connectivity index (χ1) is 10.9. The Bertz CT molecular complexity index is 547. The Balaban J connectivity index is 1.71. The van der Waals surface area contributed by atoms with Gasteiger partial charge in [-0.15, -0.1) is 0 Å². The molecular formula is C19H29NO3. The molecule has 0 radical (unpaired) electrons. The molecule has 0 spiro atoms. The number of nitrogens with one attached hydrogen (secondary N) is 1. The van der Waals surface area contributed by atoms with Crippen molar-refractivity contribution in [3.05, 3.63) is 0 Å². The monoisotopic (exact) mass is 319 g/mol.